The summed E-state index contributed by atoms with van der Waals surface area (Å²) in [6.07, 6.45) is 1.83. The SMILES string of the molecule is O=C(O)c1ccnc(NCCc2ccccc2F)n1. The van der Waals surface area contributed by atoms with Gasteiger partial charge in [-0.2, -0.15) is 0 Å². The predicted octanol–water partition coefficient (Wildman–Crippen LogP) is 1.97. The highest BCUT2D eigenvalue weighted by Gasteiger charge is 2.06. The number of nitrogens with one attached hydrogen (secondary N) is 1. The van der Waals surface area contributed by atoms with E-state index in [1.165, 1.54) is 18.3 Å². The standard InChI is InChI=1S/C13H12FN3O2/c14-10-4-2-1-3-9(10)5-7-15-13-16-8-6-11(17-13)12(18)19/h1-4,6,8H,5,7H2,(H,18,19)(H,15,16,17). The van der Waals surface area contributed by atoms with E-state index < -0.39 is 5.97 Å². The molecule has 0 saturated carbocycles. The first-order valence-electron chi connectivity index (χ1n) is 5.70. The van der Waals surface area contributed by atoms with Gasteiger partial charge >= 0.3 is 5.97 Å². The molecule has 2 N–H and O–H groups in total. The summed E-state index contributed by atoms with van der Waals surface area (Å²) < 4.78 is 13.3. The van der Waals surface area contributed by atoms with Gasteiger partial charge in [-0.05, 0) is 24.1 Å². The van der Waals surface area contributed by atoms with Crippen molar-refractivity contribution in [1.29, 1.82) is 0 Å². The maximum atomic E-state index is 13.3. The zero-order chi connectivity index (χ0) is 13.7. The van der Waals surface area contributed by atoms with E-state index in [-0.39, 0.29) is 17.5 Å². The predicted molar refractivity (Wildman–Crippen MR) is 67.6 cm³/mol. The van der Waals surface area contributed by atoms with Crippen LogP contribution in [0.3, 0.4) is 0 Å². The summed E-state index contributed by atoms with van der Waals surface area (Å²) in [6, 6.07) is 7.80. The molecule has 0 amide bonds. The molecule has 2 rings (SSSR count). The van der Waals surface area contributed by atoms with Crippen LogP contribution in [0.25, 0.3) is 0 Å². The van der Waals surface area contributed by atoms with Crippen molar-refractivity contribution in [1.82, 2.24) is 9.97 Å². The number of nitrogens with zero attached hydrogens (tertiary/aromatic N) is 2. The lowest BCUT2D eigenvalue weighted by molar-refractivity contribution is 0.0690. The third-order valence-corrected chi connectivity index (χ3v) is 2.51. The average molecular weight is 261 g/mol. The Hall–Kier alpha value is -2.50. The highest BCUT2D eigenvalue weighted by molar-refractivity contribution is 5.85. The number of halogens is 1. The fourth-order valence-corrected chi connectivity index (χ4v) is 1.57. The minimum atomic E-state index is -1.11. The number of rotatable bonds is 5. The first-order valence-corrected chi connectivity index (χ1v) is 5.70. The third kappa shape index (κ3) is 3.48. The van der Waals surface area contributed by atoms with Crippen LogP contribution in [-0.2, 0) is 6.42 Å². The molecule has 0 fully saturated rings. The summed E-state index contributed by atoms with van der Waals surface area (Å²) in [5, 5.41) is 11.6. The average Bonchev–Trinajstić information content (AvgIpc) is 2.41. The number of aromatic nitrogens is 2. The molecular formula is C13H12FN3O2. The summed E-state index contributed by atoms with van der Waals surface area (Å²) in [5.41, 5.74) is 0.507. The second-order valence-corrected chi connectivity index (χ2v) is 3.84. The molecule has 1 heterocycles. The van der Waals surface area contributed by atoms with Crippen LogP contribution in [-0.4, -0.2) is 27.6 Å². The van der Waals surface area contributed by atoms with Crippen LogP contribution in [0, 0.1) is 5.82 Å². The number of anilines is 1. The molecule has 2 aromatic rings. The van der Waals surface area contributed by atoms with E-state index in [0.29, 0.717) is 18.5 Å². The van der Waals surface area contributed by atoms with Crippen molar-refractivity contribution in [3.05, 3.63) is 53.6 Å². The van der Waals surface area contributed by atoms with E-state index in [2.05, 4.69) is 15.3 Å². The van der Waals surface area contributed by atoms with Crippen molar-refractivity contribution in [2.75, 3.05) is 11.9 Å². The Labute approximate surface area is 109 Å². The molecule has 0 unspecified atom stereocenters. The number of aromatic carboxylic acids is 1. The van der Waals surface area contributed by atoms with Crippen LogP contribution < -0.4 is 5.32 Å². The van der Waals surface area contributed by atoms with Gasteiger partial charge in [0.05, 0.1) is 0 Å². The van der Waals surface area contributed by atoms with Crippen molar-refractivity contribution in [2.45, 2.75) is 6.42 Å². The maximum absolute atomic E-state index is 13.3. The largest absolute Gasteiger partial charge is 0.477 e. The second kappa shape index (κ2) is 5.90. The van der Waals surface area contributed by atoms with Gasteiger partial charge in [-0.3, -0.25) is 0 Å². The molecule has 0 radical (unpaired) electrons. The molecule has 19 heavy (non-hydrogen) atoms. The number of carboxylic acid groups (broad SMARTS) is 1. The second-order valence-electron chi connectivity index (χ2n) is 3.84. The van der Waals surface area contributed by atoms with Crippen LogP contribution in [0.15, 0.2) is 36.5 Å². The Morgan fingerprint density at radius 3 is 2.84 bits per heavy atom. The molecule has 0 atom stereocenters. The Bertz CT molecular complexity index is 590. The fourth-order valence-electron chi connectivity index (χ4n) is 1.57. The van der Waals surface area contributed by atoms with Gasteiger partial charge in [0.2, 0.25) is 5.95 Å². The first-order chi connectivity index (χ1) is 9.16. The smallest absolute Gasteiger partial charge is 0.354 e. The molecule has 6 heteroatoms. The van der Waals surface area contributed by atoms with E-state index in [9.17, 15) is 9.18 Å². The van der Waals surface area contributed by atoms with Crippen molar-refractivity contribution in [2.24, 2.45) is 0 Å². The summed E-state index contributed by atoms with van der Waals surface area (Å²) in [5.74, 6) is -1.15. The third-order valence-electron chi connectivity index (χ3n) is 2.51. The van der Waals surface area contributed by atoms with Crippen LogP contribution in [0.2, 0.25) is 0 Å². The van der Waals surface area contributed by atoms with E-state index in [4.69, 9.17) is 5.11 Å². The van der Waals surface area contributed by atoms with Gasteiger partial charge in [-0.15, -0.1) is 0 Å². The van der Waals surface area contributed by atoms with Crippen LogP contribution in [0.4, 0.5) is 10.3 Å². The lowest BCUT2D eigenvalue weighted by Crippen LogP contribution is -2.11. The topological polar surface area (TPSA) is 75.1 Å². The molecule has 0 aliphatic rings. The minimum Gasteiger partial charge on any atom is -0.477 e. The molecule has 0 aliphatic carbocycles. The van der Waals surface area contributed by atoms with Crippen LogP contribution in [0.5, 0.6) is 0 Å². The van der Waals surface area contributed by atoms with E-state index in [0.717, 1.165) is 0 Å². The van der Waals surface area contributed by atoms with Crippen molar-refractivity contribution < 1.29 is 14.3 Å². The van der Waals surface area contributed by atoms with Crippen LogP contribution in [0.1, 0.15) is 16.1 Å². The number of carbonyl (C=O) groups is 1. The maximum Gasteiger partial charge on any atom is 0.354 e. The summed E-state index contributed by atoms with van der Waals surface area (Å²) >= 11 is 0. The molecule has 98 valence electrons. The van der Waals surface area contributed by atoms with Crippen molar-refractivity contribution in [3.8, 4) is 0 Å². The molecule has 1 aromatic heterocycles. The highest BCUT2D eigenvalue weighted by Crippen LogP contribution is 2.07. The number of hydrogen-bond donors (Lipinski definition) is 2. The lowest BCUT2D eigenvalue weighted by atomic mass is 10.1. The summed E-state index contributed by atoms with van der Waals surface area (Å²) in [6.45, 7) is 0.421. The lowest BCUT2D eigenvalue weighted by Gasteiger charge is -2.05. The minimum absolute atomic E-state index is 0.0802. The molecule has 0 bridgehead atoms. The Kier molecular flexibility index (Phi) is 4.02. The van der Waals surface area contributed by atoms with Crippen LogP contribution >= 0.6 is 0 Å². The van der Waals surface area contributed by atoms with E-state index in [1.807, 2.05) is 0 Å². The normalized spacial score (nSPS) is 10.2. The molecule has 0 aliphatic heterocycles. The fraction of sp³-hybridized carbons (Fsp3) is 0.154. The Balaban J connectivity index is 1.94. The van der Waals surface area contributed by atoms with Gasteiger partial charge < -0.3 is 10.4 Å². The van der Waals surface area contributed by atoms with Gasteiger partial charge in [0, 0.05) is 12.7 Å². The van der Waals surface area contributed by atoms with Gasteiger partial charge in [-0.25, -0.2) is 19.2 Å². The zero-order valence-electron chi connectivity index (χ0n) is 10.0. The molecule has 1 aromatic carbocycles. The van der Waals surface area contributed by atoms with Gasteiger partial charge in [0.1, 0.15) is 5.82 Å². The molecule has 5 nitrogen and oxygen atoms in total. The first kappa shape index (κ1) is 12.9. The number of hydrogen-bond acceptors (Lipinski definition) is 4. The van der Waals surface area contributed by atoms with Gasteiger partial charge in [-0.1, -0.05) is 18.2 Å². The van der Waals surface area contributed by atoms with E-state index >= 15 is 0 Å². The monoisotopic (exact) mass is 261 g/mol. The quantitative estimate of drug-likeness (QED) is 0.860. The van der Waals surface area contributed by atoms with Crippen molar-refractivity contribution in [3.63, 3.8) is 0 Å². The molecule has 0 spiro atoms. The highest BCUT2D eigenvalue weighted by atomic mass is 19.1. The van der Waals surface area contributed by atoms with Gasteiger partial charge in [0.15, 0.2) is 5.69 Å². The number of carboxylic acids is 1. The molecule has 0 saturated heterocycles. The summed E-state index contributed by atoms with van der Waals surface area (Å²) in [7, 11) is 0. The Morgan fingerprint density at radius 1 is 1.32 bits per heavy atom. The molecular weight excluding hydrogens is 249 g/mol. The summed E-state index contributed by atoms with van der Waals surface area (Å²) in [4.78, 5) is 18.4. The Morgan fingerprint density at radius 2 is 2.11 bits per heavy atom. The zero-order valence-corrected chi connectivity index (χ0v) is 10.0. The van der Waals surface area contributed by atoms with Gasteiger partial charge in [0.25, 0.3) is 0 Å². The van der Waals surface area contributed by atoms with E-state index in [1.54, 1.807) is 18.2 Å². The van der Waals surface area contributed by atoms with Crippen molar-refractivity contribution >= 4 is 11.9 Å². The number of benzene rings is 1.